The number of hydrogen-bond acceptors (Lipinski definition) is 2. The first kappa shape index (κ1) is 12.5. The predicted molar refractivity (Wildman–Crippen MR) is 74.5 cm³/mol. The number of ether oxygens (including phenoxy) is 1. The van der Waals surface area contributed by atoms with Crippen molar-refractivity contribution in [1.29, 1.82) is 0 Å². The van der Waals surface area contributed by atoms with Gasteiger partial charge in [0.05, 0.1) is 29.8 Å². The van der Waals surface area contributed by atoms with Crippen molar-refractivity contribution in [2.45, 2.75) is 13.0 Å². The number of fused-ring (bicyclic) bond motifs is 1. The summed E-state index contributed by atoms with van der Waals surface area (Å²) >= 11 is 6.09. The smallest absolute Gasteiger partial charge is 0.268 e. The third-order valence-electron chi connectivity index (χ3n) is 3.53. The van der Waals surface area contributed by atoms with Gasteiger partial charge in [0.15, 0.2) is 0 Å². The summed E-state index contributed by atoms with van der Waals surface area (Å²) in [5, 5.41) is 4.54. The molecule has 0 unspecified atom stereocenters. The van der Waals surface area contributed by atoms with E-state index >= 15 is 0 Å². The van der Waals surface area contributed by atoms with Gasteiger partial charge in [-0.2, -0.15) is 0 Å². The monoisotopic (exact) mass is 278 g/mol. The van der Waals surface area contributed by atoms with Gasteiger partial charge >= 0.3 is 0 Å². The molecule has 0 aliphatic carbocycles. The lowest BCUT2D eigenvalue weighted by molar-refractivity contribution is 0.0922. The van der Waals surface area contributed by atoms with Gasteiger partial charge in [0.2, 0.25) is 0 Å². The highest BCUT2D eigenvalue weighted by molar-refractivity contribution is 6.35. The second-order valence-corrected chi connectivity index (χ2v) is 5.39. The first-order valence-corrected chi connectivity index (χ1v) is 6.69. The maximum absolute atomic E-state index is 12.2. The Labute approximate surface area is 116 Å². The summed E-state index contributed by atoms with van der Waals surface area (Å²) in [6, 6.07) is 7.49. The molecular weight excluding hydrogens is 264 g/mol. The molecule has 1 amide bonds. The van der Waals surface area contributed by atoms with E-state index in [2.05, 4.69) is 17.2 Å². The van der Waals surface area contributed by atoms with E-state index in [1.54, 1.807) is 6.07 Å². The van der Waals surface area contributed by atoms with E-state index in [9.17, 15) is 4.79 Å². The number of aromatic nitrogens is 1. The number of carbonyl (C=O) groups excluding carboxylic acids is 1. The Morgan fingerprint density at radius 2 is 2.32 bits per heavy atom. The zero-order valence-corrected chi connectivity index (χ0v) is 11.3. The van der Waals surface area contributed by atoms with Gasteiger partial charge in [-0.1, -0.05) is 30.7 Å². The van der Waals surface area contributed by atoms with E-state index in [4.69, 9.17) is 16.3 Å². The standard InChI is InChI=1S/C14H15ClN2O2/c1-8-6-19-7-12(8)17-14(18)11-5-9-3-2-4-10(15)13(9)16-11/h2-5,8,12,16H,6-7H2,1H3,(H,17,18)/t8-,12-/m1/s1. The highest BCUT2D eigenvalue weighted by atomic mass is 35.5. The van der Waals surface area contributed by atoms with Gasteiger partial charge in [-0.3, -0.25) is 4.79 Å². The molecule has 1 aromatic carbocycles. The highest BCUT2D eigenvalue weighted by Crippen LogP contribution is 2.23. The molecule has 1 fully saturated rings. The zero-order chi connectivity index (χ0) is 13.4. The number of nitrogens with one attached hydrogen (secondary N) is 2. The number of amides is 1. The topological polar surface area (TPSA) is 54.1 Å². The average molecular weight is 279 g/mol. The lowest BCUT2D eigenvalue weighted by Gasteiger charge is -2.14. The van der Waals surface area contributed by atoms with Gasteiger partial charge in [-0.05, 0) is 12.1 Å². The van der Waals surface area contributed by atoms with Crippen molar-refractivity contribution < 1.29 is 9.53 Å². The molecule has 5 heteroatoms. The molecule has 19 heavy (non-hydrogen) atoms. The van der Waals surface area contributed by atoms with Crippen LogP contribution in [0.25, 0.3) is 10.9 Å². The number of halogens is 1. The van der Waals surface area contributed by atoms with Crippen molar-refractivity contribution in [3.8, 4) is 0 Å². The van der Waals surface area contributed by atoms with Gasteiger partial charge in [0.1, 0.15) is 5.69 Å². The Morgan fingerprint density at radius 3 is 3.00 bits per heavy atom. The lowest BCUT2D eigenvalue weighted by Crippen LogP contribution is -2.39. The molecule has 0 spiro atoms. The van der Waals surface area contributed by atoms with Crippen molar-refractivity contribution in [2.75, 3.05) is 13.2 Å². The molecule has 2 N–H and O–H groups in total. The minimum atomic E-state index is -0.116. The van der Waals surface area contributed by atoms with Crippen LogP contribution in [-0.2, 0) is 4.74 Å². The molecule has 3 rings (SSSR count). The average Bonchev–Trinajstić information content (AvgIpc) is 2.97. The minimum absolute atomic E-state index is 0.0781. The number of carbonyl (C=O) groups is 1. The summed E-state index contributed by atoms with van der Waals surface area (Å²) in [7, 11) is 0. The van der Waals surface area contributed by atoms with E-state index in [-0.39, 0.29) is 11.9 Å². The molecule has 2 heterocycles. The molecule has 1 aromatic heterocycles. The summed E-state index contributed by atoms with van der Waals surface area (Å²) in [6.07, 6.45) is 0. The molecule has 0 bridgehead atoms. The van der Waals surface area contributed by atoms with Gasteiger partial charge in [-0.25, -0.2) is 0 Å². The second kappa shape index (κ2) is 4.87. The highest BCUT2D eigenvalue weighted by Gasteiger charge is 2.26. The van der Waals surface area contributed by atoms with E-state index in [1.807, 2.05) is 18.2 Å². The third-order valence-corrected chi connectivity index (χ3v) is 3.85. The van der Waals surface area contributed by atoms with Gasteiger partial charge in [-0.15, -0.1) is 0 Å². The fourth-order valence-electron chi connectivity index (χ4n) is 2.33. The van der Waals surface area contributed by atoms with Gasteiger partial charge in [0.25, 0.3) is 5.91 Å². The predicted octanol–water partition coefficient (Wildman–Crippen LogP) is 2.59. The minimum Gasteiger partial charge on any atom is -0.379 e. The number of benzene rings is 1. The maximum atomic E-state index is 12.2. The Kier molecular flexibility index (Phi) is 3.21. The van der Waals surface area contributed by atoms with E-state index in [0.29, 0.717) is 29.8 Å². The quantitative estimate of drug-likeness (QED) is 0.887. The largest absolute Gasteiger partial charge is 0.379 e. The fourth-order valence-corrected chi connectivity index (χ4v) is 2.56. The molecule has 2 aromatic rings. The number of aromatic amines is 1. The van der Waals surface area contributed by atoms with Crippen molar-refractivity contribution >= 4 is 28.4 Å². The van der Waals surface area contributed by atoms with Crippen LogP contribution >= 0.6 is 11.6 Å². The van der Waals surface area contributed by atoms with Crippen LogP contribution in [0.1, 0.15) is 17.4 Å². The van der Waals surface area contributed by atoms with Crippen LogP contribution < -0.4 is 5.32 Å². The molecule has 100 valence electrons. The Morgan fingerprint density at radius 1 is 1.47 bits per heavy atom. The van der Waals surface area contributed by atoms with Crippen molar-refractivity contribution in [2.24, 2.45) is 5.92 Å². The van der Waals surface area contributed by atoms with E-state index in [1.165, 1.54) is 0 Å². The van der Waals surface area contributed by atoms with E-state index in [0.717, 1.165) is 10.9 Å². The van der Waals surface area contributed by atoms with Crippen molar-refractivity contribution in [3.63, 3.8) is 0 Å². The van der Waals surface area contributed by atoms with Crippen LogP contribution in [0.2, 0.25) is 5.02 Å². The normalized spacial score (nSPS) is 22.8. The molecule has 2 atom stereocenters. The first-order valence-electron chi connectivity index (χ1n) is 6.31. The molecule has 1 saturated heterocycles. The summed E-state index contributed by atoms with van der Waals surface area (Å²) < 4.78 is 5.34. The summed E-state index contributed by atoms with van der Waals surface area (Å²) in [5.74, 6) is 0.228. The SMILES string of the molecule is C[C@@H]1COC[C@H]1NC(=O)c1cc2cccc(Cl)c2[nH]1. The maximum Gasteiger partial charge on any atom is 0.268 e. The van der Waals surface area contributed by atoms with Crippen LogP contribution in [0.4, 0.5) is 0 Å². The van der Waals surface area contributed by atoms with E-state index < -0.39 is 0 Å². The van der Waals surface area contributed by atoms with Crippen LogP contribution in [0, 0.1) is 5.92 Å². The number of rotatable bonds is 2. The lowest BCUT2D eigenvalue weighted by atomic mass is 10.1. The first-order chi connectivity index (χ1) is 9.15. The van der Waals surface area contributed by atoms with Crippen LogP contribution in [0.15, 0.2) is 24.3 Å². The Balaban J connectivity index is 1.83. The van der Waals surface area contributed by atoms with Gasteiger partial charge in [0, 0.05) is 11.3 Å². The molecular formula is C14H15ClN2O2. The summed E-state index contributed by atoms with van der Waals surface area (Å²) in [6.45, 7) is 3.34. The molecule has 4 nitrogen and oxygen atoms in total. The zero-order valence-electron chi connectivity index (χ0n) is 10.6. The van der Waals surface area contributed by atoms with Crippen molar-refractivity contribution in [1.82, 2.24) is 10.3 Å². The van der Waals surface area contributed by atoms with Crippen LogP contribution in [-0.4, -0.2) is 30.1 Å². The summed E-state index contributed by atoms with van der Waals surface area (Å²) in [5.41, 5.74) is 1.33. The molecule has 0 saturated carbocycles. The summed E-state index contributed by atoms with van der Waals surface area (Å²) in [4.78, 5) is 15.3. The number of H-pyrrole nitrogens is 1. The van der Waals surface area contributed by atoms with Crippen LogP contribution in [0.3, 0.4) is 0 Å². The molecule has 1 aliphatic rings. The number of para-hydroxylation sites is 1. The number of hydrogen-bond donors (Lipinski definition) is 2. The Hall–Kier alpha value is -1.52. The van der Waals surface area contributed by atoms with Gasteiger partial charge < -0.3 is 15.0 Å². The Bertz CT molecular complexity index is 623. The molecule has 0 radical (unpaired) electrons. The third kappa shape index (κ3) is 2.33. The second-order valence-electron chi connectivity index (χ2n) is 4.98. The molecule has 1 aliphatic heterocycles. The fraction of sp³-hybridized carbons (Fsp3) is 0.357. The van der Waals surface area contributed by atoms with Crippen LogP contribution in [0.5, 0.6) is 0 Å². The van der Waals surface area contributed by atoms with Crippen molar-refractivity contribution in [3.05, 3.63) is 35.0 Å².